The van der Waals surface area contributed by atoms with E-state index < -0.39 is 0 Å². The van der Waals surface area contributed by atoms with Crippen LogP contribution in [0.3, 0.4) is 0 Å². The van der Waals surface area contributed by atoms with Crippen LogP contribution in [-0.4, -0.2) is 32.4 Å². The van der Waals surface area contributed by atoms with Crippen LogP contribution in [0.1, 0.15) is 6.92 Å². The van der Waals surface area contributed by atoms with Gasteiger partial charge in [-0.05, 0) is 47.0 Å². The first-order chi connectivity index (χ1) is 10.2. The van der Waals surface area contributed by atoms with Gasteiger partial charge in [-0.25, -0.2) is 4.79 Å². The van der Waals surface area contributed by atoms with Gasteiger partial charge in [-0.3, -0.25) is 0 Å². The predicted octanol–water partition coefficient (Wildman–Crippen LogP) is 3.37. The minimum atomic E-state index is -0.388. The Morgan fingerprint density at radius 3 is 2.86 bits per heavy atom. The first-order valence-corrected chi connectivity index (χ1v) is 7.57. The Hall–Kier alpha value is -1.85. The molecule has 0 aliphatic rings. The minimum Gasteiger partial charge on any atom is -0.491 e. The quantitative estimate of drug-likeness (QED) is 0.736. The molecule has 0 amide bonds. The number of hydrogen-bond acceptors (Lipinski definition) is 5. The van der Waals surface area contributed by atoms with Crippen molar-refractivity contribution in [2.75, 3.05) is 20.3 Å². The molecule has 0 N–H and O–H groups in total. The fourth-order valence-electron chi connectivity index (χ4n) is 1.73. The molecule has 21 heavy (non-hydrogen) atoms. The highest BCUT2D eigenvalue weighted by atomic mass is 32.1. The van der Waals surface area contributed by atoms with Gasteiger partial charge in [0.2, 0.25) is 0 Å². The van der Waals surface area contributed by atoms with Gasteiger partial charge in [0.05, 0.1) is 13.2 Å². The number of hydrogen-bond donors (Lipinski definition) is 0. The van der Waals surface area contributed by atoms with Crippen molar-refractivity contribution in [2.45, 2.75) is 13.0 Å². The normalized spacial score (nSPS) is 11.9. The molecule has 1 aromatic heterocycles. The maximum absolute atomic E-state index is 11.0. The first kappa shape index (κ1) is 15.5. The highest BCUT2D eigenvalue weighted by Gasteiger charge is 2.08. The zero-order chi connectivity index (χ0) is 15.1. The monoisotopic (exact) mass is 306 g/mol. The van der Waals surface area contributed by atoms with Crippen LogP contribution in [0.5, 0.6) is 5.75 Å². The zero-order valence-electron chi connectivity index (χ0n) is 12.1. The second-order valence-corrected chi connectivity index (χ2v) is 5.33. The van der Waals surface area contributed by atoms with Gasteiger partial charge in [-0.2, -0.15) is 11.3 Å². The number of carbonyl (C=O) groups excluding carboxylic acids is 1. The Morgan fingerprint density at radius 1 is 1.29 bits per heavy atom. The number of benzene rings is 1. The third-order valence-electron chi connectivity index (χ3n) is 2.89. The molecule has 2 aromatic rings. The van der Waals surface area contributed by atoms with Gasteiger partial charge in [-0.15, -0.1) is 0 Å². The highest BCUT2D eigenvalue weighted by molar-refractivity contribution is 7.08. The van der Waals surface area contributed by atoms with Crippen LogP contribution in [0.25, 0.3) is 11.1 Å². The summed E-state index contributed by atoms with van der Waals surface area (Å²) in [7, 11) is 1.34. The number of carbonyl (C=O) groups is 1. The van der Waals surface area contributed by atoms with Gasteiger partial charge in [0.15, 0.2) is 0 Å². The van der Waals surface area contributed by atoms with Crippen molar-refractivity contribution in [1.29, 1.82) is 0 Å². The van der Waals surface area contributed by atoms with Gasteiger partial charge in [0.25, 0.3) is 0 Å². The van der Waals surface area contributed by atoms with Crippen molar-refractivity contribution in [1.82, 2.24) is 0 Å². The van der Waals surface area contributed by atoms with E-state index in [1.165, 1.54) is 12.7 Å². The Labute approximate surface area is 128 Å². The molecule has 0 aliphatic heterocycles. The molecule has 0 fully saturated rings. The second kappa shape index (κ2) is 7.81. The topological polar surface area (TPSA) is 44.8 Å². The summed E-state index contributed by atoms with van der Waals surface area (Å²) in [5, 5.41) is 4.15. The smallest absolute Gasteiger partial charge is 0.331 e. The Kier molecular flexibility index (Phi) is 5.78. The van der Waals surface area contributed by atoms with Crippen LogP contribution < -0.4 is 4.74 Å². The SMILES string of the molecule is COC(=O)COC(C)COc1cccc(-c2ccsc2)c1. The van der Waals surface area contributed by atoms with Crippen molar-refractivity contribution >= 4 is 17.3 Å². The largest absolute Gasteiger partial charge is 0.491 e. The number of rotatable bonds is 7. The van der Waals surface area contributed by atoms with E-state index in [0.717, 1.165) is 11.3 Å². The molecule has 0 saturated heterocycles. The second-order valence-electron chi connectivity index (χ2n) is 4.55. The van der Waals surface area contributed by atoms with Gasteiger partial charge in [0.1, 0.15) is 19.0 Å². The summed E-state index contributed by atoms with van der Waals surface area (Å²) in [5.41, 5.74) is 2.30. The lowest BCUT2D eigenvalue weighted by Crippen LogP contribution is -2.22. The molecular weight excluding hydrogens is 288 g/mol. The van der Waals surface area contributed by atoms with Gasteiger partial charge >= 0.3 is 5.97 Å². The van der Waals surface area contributed by atoms with Crippen molar-refractivity contribution < 1.29 is 19.0 Å². The Bertz CT molecular complexity index is 565. The summed E-state index contributed by atoms with van der Waals surface area (Å²) in [4.78, 5) is 11.0. The molecule has 1 atom stereocenters. The molecule has 1 unspecified atom stereocenters. The third kappa shape index (κ3) is 4.88. The molecule has 4 nitrogen and oxygen atoms in total. The van der Waals surface area contributed by atoms with Crippen LogP contribution in [-0.2, 0) is 14.3 Å². The molecule has 0 aliphatic carbocycles. The molecule has 0 saturated carbocycles. The van der Waals surface area contributed by atoms with E-state index in [9.17, 15) is 4.79 Å². The number of thiophene rings is 1. The van der Waals surface area contributed by atoms with Crippen LogP contribution in [0.15, 0.2) is 41.1 Å². The summed E-state index contributed by atoms with van der Waals surface area (Å²) in [6, 6.07) is 9.98. The molecule has 0 spiro atoms. The van der Waals surface area contributed by atoms with E-state index >= 15 is 0 Å². The lowest BCUT2D eigenvalue weighted by Gasteiger charge is -2.14. The van der Waals surface area contributed by atoms with E-state index in [1.54, 1.807) is 11.3 Å². The fraction of sp³-hybridized carbons (Fsp3) is 0.312. The lowest BCUT2D eigenvalue weighted by molar-refractivity contribution is -0.148. The van der Waals surface area contributed by atoms with Crippen LogP contribution in [0.4, 0.5) is 0 Å². The lowest BCUT2D eigenvalue weighted by atomic mass is 10.1. The fourth-order valence-corrected chi connectivity index (χ4v) is 2.39. The average molecular weight is 306 g/mol. The van der Waals surface area contributed by atoms with Crippen molar-refractivity contribution in [2.24, 2.45) is 0 Å². The molecule has 5 heteroatoms. The molecular formula is C16H18O4S. The van der Waals surface area contributed by atoms with Gasteiger partial charge < -0.3 is 14.2 Å². The molecule has 112 valence electrons. The van der Waals surface area contributed by atoms with E-state index in [0.29, 0.717) is 6.61 Å². The highest BCUT2D eigenvalue weighted by Crippen LogP contribution is 2.25. The maximum Gasteiger partial charge on any atom is 0.331 e. The van der Waals surface area contributed by atoms with E-state index in [2.05, 4.69) is 16.2 Å². The molecule has 2 rings (SSSR count). The van der Waals surface area contributed by atoms with E-state index in [1.807, 2.05) is 36.6 Å². The Balaban J connectivity index is 1.86. The molecule has 1 heterocycles. The summed E-state index contributed by atoms with van der Waals surface area (Å²) >= 11 is 1.67. The van der Waals surface area contributed by atoms with Crippen molar-refractivity contribution in [3.63, 3.8) is 0 Å². The van der Waals surface area contributed by atoms with Crippen LogP contribution in [0.2, 0.25) is 0 Å². The van der Waals surface area contributed by atoms with Gasteiger partial charge in [0, 0.05) is 0 Å². The standard InChI is InChI=1S/C16H18O4S/c1-12(19-10-16(17)18-2)9-20-15-5-3-4-13(8-15)14-6-7-21-11-14/h3-8,11-12H,9-10H2,1-2H3. The minimum absolute atomic E-state index is 0.0596. The predicted molar refractivity (Wildman–Crippen MR) is 82.7 cm³/mol. The first-order valence-electron chi connectivity index (χ1n) is 6.63. The molecule has 0 radical (unpaired) electrons. The third-order valence-corrected chi connectivity index (χ3v) is 3.57. The summed E-state index contributed by atoms with van der Waals surface area (Å²) in [5.74, 6) is 0.397. The maximum atomic E-state index is 11.0. The van der Waals surface area contributed by atoms with E-state index in [4.69, 9.17) is 9.47 Å². The Morgan fingerprint density at radius 2 is 2.14 bits per heavy atom. The van der Waals surface area contributed by atoms with E-state index in [-0.39, 0.29) is 18.7 Å². The number of methoxy groups -OCH3 is 1. The van der Waals surface area contributed by atoms with Gasteiger partial charge in [-0.1, -0.05) is 12.1 Å². The molecule has 1 aromatic carbocycles. The number of esters is 1. The van der Waals surface area contributed by atoms with Crippen LogP contribution >= 0.6 is 11.3 Å². The number of ether oxygens (including phenoxy) is 3. The molecule has 0 bridgehead atoms. The van der Waals surface area contributed by atoms with Crippen molar-refractivity contribution in [3.8, 4) is 16.9 Å². The average Bonchev–Trinajstić information content (AvgIpc) is 3.05. The van der Waals surface area contributed by atoms with Crippen molar-refractivity contribution in [3.05, 3.63) is 41.1 Å². The summed E-state index contributed by atoms with van der Waals surface area (Å²) in [6.45, 7) is 2.17. The summed E-state index contributed by atoms with van der Waals surface area (Å²) in [6.07, 6.45) is -0.186. The van der Waals surface area contributed by atoms with Crippen LogP contribution in [0, 0.1) is 0 Å². The zero-order valence-corrected chi connectivity index (χ0v) is 12.9. The summed E-state index contributed by atoms with van der Waals surface area (Å²) < 4.78 is 15.5.